The van der Waals surface area contributed by atoms with Crippen LogP contribution in [0.2, 0.25) is 0 Å². The van der Waals surface area contributed by atoms with E-state index < -0.39 is 4.92 Å². The van der Waals surface area contributed by atoms with E-state index in [0.717, 1.165) is 11.1 Å². The Bertz CT molecular complexity index is 694. The average molecular weight is 285 g/mol. The van der Waals surface area contributed by atoms with Gasteiger partial charge in [-0.3, -0.25) is 14.9 Å². The predicted octanol–water partition coefficient (Wildman–Crippen LogP) is 3.47. The van der Waals surface area contributed by atoms with E-state index in [1.165, 1.54) is 12.1 Å². The summed E-state index contributed by atoms with van der Waals surface area (Å²) in [6.45, 7) is 3.37. The topological polar surface area (TPSA) is 69.4 Å². The zero-order chi connectivity index (χ0) is 15.4. The van der Waals surface area contributed by atoms with Gasteiger partial charge in [-0.2, -0.15) is 0 Å². The van der Waals surface area contributed by atoms with Gasteiger partial charge >= 0.3 is 5.69 Å². The van der Waals surface area contributed by atoms with E-state index in [4.69, 9.17) is 4.74 Å². The molecule has 2 rings (SSSR count). The van der Waals surface area contributed by atoms with Crippen LogP contribution in [0.25, 0.3) is 0 Å². The zero-order valence-corrected chi connectivity index (χ0v) is 11.8. The summed E-state index contributed by atoms with van der Waals surface area (Å²) in [6, 6.07) is 11.8. The van der Waals surface area contributed by atoms with Gasteiger partial charge in [-0.25, -0.2) is 0 Å². The number of hydrogen-bond acceptors (Lipinski definition) is 4. The first-order valence-corrected chi connectivity index (χ1v) is 6.45. The maximum atomic E-state index is 12.1. The molecule has 0 aromatic heterocycles. The molecule has 2 aromatic rings. The molecule has 21 heavy (non-hydrogen) atoms. The average Bonchev–Trinajstić information content (AvgIpc) is 2.46. The van der Waals surface area contributed by atoms with Gasteiger partial charge in [0.2, 0.25) is 0 Å². The fourth-order valence-corrected chi connectivity index (χ4v) is 2.00. The molecule has 0 atom stereocenters. The van der Waals surface area contributed by atoms with Crippen molar-refractivity contribution < 1.29 is 14.5 Å². The fraction of sp³-hybridized carbons (Fsp3) is 0.188. The lowest BCUT2D eigenvalue weighted by atomic mass is 10.1. The molecule has 0 fully saturated rings. The van der Waals surface area contributed by atoms with Crippen LogP contribution in [-0.4, -0.2) is 17.3 Å². The molecule has 0 N–H and O–H groups in total. The van der Waals surface area contributed by atoms with Crippen molar-refractivity contribution >= 4 is 11.5 Å². The molecule has 0 amide bonds. The van der Waals surface area contributed by atoms with Gasteiger partial charge in [-0.05, 0) is 31.0 Å². The largest absolute Gasteiger partial charge is 0.478 e. The second-order valence-corrected chi connectivity index (χ2v) is 4.76. The van der Waals surface area contributed by atoms with E-state index in [2.05, 4.69) is 0 Å². The van der Waals surface area contributed by atoms with Crippen molar-refractivity contribution in [3.63, 3.8) is 0 Å². The molecule has 0 aliphatic carbocycles. The Morgan fingerprint density at radius 2 is 1.90 bits per heavy atom. The minimum Gasteiger partial charge on any atom is -0.478 e. The summed E-state index contributed by atoms with van der Waals surface area (Å²) in [5, 5.41) is 11.0. The van der Waals surface area contributed by atoms with Crippen LogP contribution in [0.1, 0.15) is 21.5 Å². The van der Waals surface area contributed by atoms with Gasteiger partial charge < -0.3 is 4.74 Å². The predicted molar refractivity (Wildman–Crippen MR) is 78.8 cm³/mol. The van der Waals surface area contributed by atoms with E-state index in [1.54, 1.807) is 25.1 Å². The van der Waals surface area contributed by atoms with Gasteiger partial charge in [0.25, 0.3) is 0 Å². The lowest BCUT2D eigenvalue weighted by molar-refractivity contribution is -0.385. The SMILES string of the molecule is Cc1ccc(OCC(=O)c2ccccc2C)c([N+](=O)[O-])c1. The number of nitro groups is 1. The number of carbonyl (C=O) groups is 1. The number of ether oxygens (including phenoxy) is 1. The summed E-state index contributed by atoms with van der Waals surface area (Å²) in [5.41, 5.74) is 2.05. The number of carbonyl (C=O) groups excluding carboxylic acids is 1. The second-order valence-electron chi connectivity index (χ2n) is 4.76. The van der Waals surface area contributed by atoms with Gasteiger partial charge in [0.1, 0.15) is 0 Å². The zero-order valence-electron chi connectivity index (χ0n) is 11.8. The molecule has 0 heterocycles. The Morgan fingerprint density at radius 3 is 2.57 bits per heavy atom. The van der Waals surface area contributed by atoms with E-state index in [-0.39, 0.29) is 23.8 Å². The minimum atomic E-state index is -0.513. The van der Waals surface area contributed by atoms with Crippen LogP contribution < -0.4 is 4.74 Å². The summed E-state index contributed by atoms with van der Waals surface area (Å²) in [4.78, 5) is 22.6. The van der Waals surface area contributed by atoms with Crippen LogP contribution >= 0.6 is 0 Å². The maximum Gasteiger partial charge on any atom is 0.311 e. The summed E-state index contributed by atoms with van der Waals surface area (Å²) in [7, 11) is 0. The number of Topliss-reactive ketones (excluding diaryl/α,β-unsaturated/α-hetero) is 1. The number of nitrogens with zero attached hydrogens (tertiary/aromatic N) is 1. The van der Waals surface area contributed by atoms with Crippen molar-refractivity contribution in [3.05, 3.63) is 69.3 Å². The van der Waals surface area contributed by atoms with E-state index >= 15 is 0 Å². The Kier molecular flexibility index (Phi) is 4.33. The number of nitro benzene ring substituents is 1. The lowest BCUT2D eigenvalue weighted by Crippen LogP contribution is -2.13. The number of ketones is 1. The molecule has 0 radical (unpaired) electrons. The fourth-order valence-electron chi connectivity index (χ4n) is 2.00. The minimum absolute atomic E-state index is 0.104. The van der Waals surface area contributed by atoms with Gasteiger partial charge in [-0.1, -0.05) is 30.3 Å². The van der Waals surface area contributed by atoms with Crippen LogP contribution in [0.3, 0.4) is 0 Å². The quantitative estimate of drug-likeness (QED) is 0.479. The van der Waals surface area contributed by atoms with Gasteiger partial charge in [0, 0.05) is 11.6 Å². The standard InChI is InChI=1S/C16H15NO4/c1-11-7-8-16(14(9-11)17(19)20)21-10-15(18)13-6-4-3-5-12(13)2/h3-9H,10H2,1-2H3. The van der Waals surface area contributed by atoms with Crippen LogP contribution in [0.5, 0.6) is 5.75 Å². The Labute approximate surface area is 122 Å². The van der Waals surface area contributed by atoms with Crippen molar-refractivity contribution in [2.75, 3.05) is 6.61 Å². The number of aryl methyl sites for hydroxylation is 2. The van der Waals surface area contributed by atoms with Gasteiger partial charge in [0.05, 0.1) is 4.92 Å². The molecule has 0 saturated carbocycles. The van der Waals surface area contributed by atoms with E-state index in [0.29, 0.717) is 5.56 Å². The number of rotatable bonds is 5. The third-order valence-electron chi connectivity index (χ3n) is 3.12. The first kappa shape index (κ1) is 14.7. The lowest BCUT2D eigenvalue weighted by Gasteiger charge is -2.08. The molecule has 108 valence electrons. The van der Waals surface area contributed by atoms with Crippen molar-refractivity contribution in [3.8, 4) is 5.75 Å². The summed E-state index contributed by atoms with van der Waals surface area (Å²) < 4.78 is 5.33. The van der Waals surface area contributed by atoms with Crippen LogP contribution in [-0.2, 0) is 0 Å². The van der Waals surface area contributed by atoms with Crippen LogP contribution in [0.15, 0.2) is 42.5 Å². The van der Waals surface area contributed by atoms with Crippen molar-refractivity contribution in [1.82, 2.24) is 0 Å². The van der Waals surface area contributed by atoms with Gasteiger partial charge in [-0.15, -0.1) is 0 Å². The molecule has 0 aliphatic heterocycles. The van der Waals surface area contributed by atoms with Gasteiger partial charge in [0.15, 0.2) is 18.1 Å². The Hall–Kier alpha value is -2.69. The monoisotopic (exact) mass is 285 g/mol. The highest BCUT2D eigenvalue weighted by Crippen LogP contribution is 2.27. The highest BCUT2D eigenvalue weighted by molar-refractivity contribution is 5.98. The van der Waals surface area contributed by atoms with Crippen LogP contribution in [0.4, 0.5) is 5.69 Å². The summed E-state index contributed by atoms with van der Waals surface area (Å²) in [5.74, 6) is -0.101. The Balaban J connectivity index is 2.15. The van der Waals surface area contributed by atoms with Crippen LogP contribution in [0, 0.1) is 24.0 Å². The van der Waals surface area contributed by atoms with E-state index in [9.17, 15) is 14.9 Å². The molecule has 0 aliphatic rings. The van der Waals surface area contributed by atoms with Crippen molar-refractivity contribution in [2.24, 2.45) is 0 Å². The molecule has 0 bridgehead atoms. The number of benzene rings is 2. The third kappa shape index (κ3) is 3.45. The molecule has 5 heteroatoms. The molecule has 5 nitrogen and oxygen atoms in total. The Morgan fingerprint density at radius 1 is 1.19 bits per heavy atom. The summed E-state index contributed by atoms with van der Waals surface area (Å²) >= 11 is 0. The number of hydrogen-bond donors (Lipinski definition) is 0. The normalized spacial score (nSPS) is 10.2. The third-order valence-corrected chi connectivity index (χ3v) is 3.12. The molecule has 0 spiro atoms. The smallest absolute Gasteiger partial charge is 0.311 e. The molecular weight excluding hydrogens is 270 g/mol. The molecule has 0 saturated heterocycles. The van der Waals surface area contributed by atoms with E-state index in [1.807, 2.05) is 19.1 Å². The van der Waals surface area contributed by atoms with Crippen molar-refractivity contribution in [2.45, 2.75) is 13.8 Å². The maximum absolute atomic E-state index is 12.1. The molecular formula is C16H15NO4. The highest BCUT2D eigenvalue weighted by atomic mass is 16.6. The first-order valence-electron chi connectivity index (χ1n) is 6.45. The first-order chi connectivity index (χ1) is 9.99. The van der Waals surface area contributed by atoms with Crippen molar-refractivity contribution in [1.29, 1.82) is 0 Å². The second kappa shape index (κ2) is 6.17. The highest BCUT2D eigenvalue weighted by Gasteiger charge is 2.17. The molecule has 0 unspecified atom stereocenters. The molecule has 2 aromatic carbocycles. The summed E-state index contributed by atoms with van der Waals surface area (Å²) in [6.07, 6.45) is 0.